The molecule has 1 atom stereocenters. The van der Waals surface area contributed by atoms with E-state index >= 15 is 0 Å². The first-order chi connectivity index (χ1) is 12.2. The molecule has 25 heavy (non-hydrogen) atoms. The van der Waals surface area contributed by atoms with Gasteiger partial charge in [0.25, 0.3) is 0 Å². The van der Waals surface area contributed by atoms with Crippen LogP contribution in [0, 0.1) is 0 Å². The van der Waals surface area contributed by atoms with Gasteiger partial charge in [-0.25, -0.2) is 9.18 Å². The van der Waals surface area contributed by atoms with E-state index in [1.165, 1.54) is 12.8 Å². The summed E-state index contributed by atoms with van der Waals surface area (Å²) in [5.41, 5.74) is 1.83. The van der Waals surface area contributed by atoms with Gasteiger partial charge >= 0.3 is 5.97 Å². The number of ether oxygens (including phenoxy) is 1. The van der Waals surface area contributed by atoms with Crippen molar-refractivity contribution in [2.75, 3.05) is 6.67 Å². The van der Waals surface area contributed by atoms with Crippen LogP contribution in [0.15, 0.2) is 48.8 Å². The molecule has 4 nitrogen and oxygen atoms in total. The Morgan fingerprint density at radius 2 is 1.64 bits per heavy atom. The Labute approximate surface area is 149 Å². The number of carbonyl (C=O) groups excluding carboxylic acids is 1. The number of rotatable bonds is 8. The van der Waals surface area contributed by atoms with Crippen LogP contribution in [0.25, 0.3) is 11.4 Å². The van der Waals surface area contributed by atoms with Crippen molar-refractivity contribution in [2.45, 2.75) is 52.1 Å². The third-order valence-corrected chi connectivity index (χ3v) is 3.50. The fourth-order valence-corrected chi connectivity index (χ4v) is 2.20. The predicted molar refractivity (Wildman–Crippen MR) is 97.8 cm³/mol. The minimum atomic E-state index is -1.01. The Kier molecular flexibility index (Phi) is 10.8. The highest BCUT2D eigenvalue weighted by molar-refractivity contribution is 5.70. The minimum Gasteiger partial charge on any atom is -0.461 e. The summed E-state index contributed by atoms with van der Waals surface area (Å²) in [6, 6.07) is 11.6. The maximum absolute atomic E-state index is 11.7. The fraction of sp³-hybridized carbons (Fsp3) is 0.450. The summed E-state index contributed by atoms with van der Waals surface area (Å²) < 4.78 is 16.5. The van der Waals surface area contributed by atoms with Gasteiger partial charge in [0.05, 0.1) is 17.5 Å². The summed E-state index contributed by atoms with van der Waals surface area (Å²) in [7, 11) is 0. The molecule has 0 radical (unpaired) electrons. The van der Waals surface area contributed by atoms with Gasteiger partial charge in [0.15, 0.2) is 6.67 Å². The van der Waals surface area contributed by atoms with Crippen LogP contribution in [0.4, 0.5) is 4.39 Å². The SMILES string of the molecule is CCCCCCC(C)OC(=O)CF.c1ccc(-c2ccccn2)nc1. The van der Waals surface area contributed by atoms with E-state index in [-0.39, 0.29) is 6.10 Å². The number of alkyl halides is 1. The summed E-state index contributed by atoms with van der Waals surface area (Å²) in [5.74, 6) is -0.747. The van der Waals surface area contributed by atoms with Crippen LogP contribution < -0.4 is 0 Å². The molecular formula is C20H27FN2O2. The Hall–Kier alpha value is -2.30. The third-order valence-electron chi connectivity index (χ3n) is 3.50. The lowest BCUT2D eigenvalue weighted by Crippen LogP contribution is -2.15. The molecule has 0 aromatic carbocycles. The second-order valence-electron chi connectivity index (χ2n) is 5.71. The lowest BCUT2D eigenvalue weighted by Gasteiger charge is -2.11. The van der Waals surface area contributed by atoms with Crippen LogP contribution >= 0.6 is 0 Å². The third kappa shape index (κ3) is 9.55. The quantitative estimate of drug-likeness (QED) is 0.498. The number of halogens is 1. The molecule has 2 heterocycles. The summed E-state index contributed by atoms with van der Waals surface area (Å²) in [5, 5.41) is 0. The standard InChI is InChI=1S/C10H19FO2.C10H8N2/c1-3-4-5-6-7-9(2)13-10(12)8-11;1-3-7-11-9(5-1)10-6-2-4-8-12-10/h9H,3-8H2,1-2H3;1-8H. The van der Waals surface area contributed by atoms with E-state index in [0.29, 0.717) is 0 Å². The van der Waals surface area contributed by atoms with Gasteiger partial charge in [-0.1, -0.05) is 38.3 Å². The van der Waals surface area contributed by atoms with Crippen molar-refractivity contribution in [3.63, 3.8) is 0 Å². The van der Waals surface area contributed by atoms with Gasteiger partial charge in [0.2, 0.25) is 0 Å². The van der Waals surface area contributed by atoms with Crippen molar-refractivity contribution >= 4 is 5.97 Å². The van der Waals surface area contributed by atoms with Crippen LogP contribution in [0.2, 0.25) is 0 Å². The maximum atomic E-state index is 11.7. The van der Waals surface area contributed by atoms with Crippen molar-refractivity contribution in [3.8, 4) is 11.4 Å². The van der Waals surface area contributed by atoms with E-state index in [0.717, 1.165) is 30.7 Å². The summed E-state index contributed by atoms with van der Waals surface area (Å²) >= 11 is 0. The molecule has 0 fully saturated rings. The number of unbranched alkanes of at least 4 members (excludes halogenated alkanes) is 3. The molecule has 2 aromatic heterocycles. The molecule has 2 rings (SSSR count). The monoisotopic (exact) mass is 346 g/mol. The average molecular weight is 346 g/mol. The highest BCUT2D eigenvalue weighted by Crippen LogP contribution is 2.11. The molecule has 0 aliphatic heterocycles. The number of aromatic nitrogens is 2. The highest BCUT2D eigenvalue weighted by atomic mass is 19.1. The smallest absolute Gasteiger partial charge is 0.337 e. The molecule has 5 heteroatoms. The number of hydrogen-bond acceptors (Lipinski definition) is 4. The van der Waals surface area contributed by atoms with Gasteiger partial charge in [-0.3, -0.25) is 9.97 Å². The molecule has 1 unspecified atom stereocenters. The number of nitrogens with zero attached hydrogens (tertiary/aromatic N) is 2. The van der Waals surface area contributed by atoms with Crippen LogP contribution in [0.5, 0.6) is 0 Å². The van der Waals surface area contributed by atoms with Crippen molar-refractivity contribution in [1.82, 2.24) is 9.97 Å². The van der Waals surface area contributed by atoms with Gasteiger partial charge in [-0.2, -0.15) is 0 Å². The molecule has 0 bridgehead atoms. The van der Waals surface area contributed by atoms with Crippen molar-refractivity contribution in [1.29, 1.82) is 0 Å². The lowest BCUT2D eigenvalue weighted by atomic mass is 10.1. The zero-order valence-electron chi connectivity index (χ0n) is 15.0. The highest BCUT2D eigenvalue weighted by Gasteiger charge is 2.07. The van der Waals surface area contributed by atoms with Crippen LogP contribution in [0.3, 0.4) is 0 Å². The summed E-state index contributed by atoms with van der Waals surface area (Å²) in [4.78, 5) is 18.9. The molecule has 0 aliphatic carbocycles. The van der Waals surface area contributed by atoms with Crippen LogP contribution in [-0.2, 0) is 9.53 Å². The normalized spacial score (nSPS) is 11.2. The number of carbonyl (C=O) groups is 1. The number of esters is 1. The van der Waals surface area contributed by atoms with E-state index in [9.17, 15) is 9.18 Å². The summed E-state index contributed by atoms with van der Waals surface area (Å²) in [6.07, 6.45) is 8.85. The van der Waals surface area contributed by atoms with Crippen molar-refractivity contribution in [3.05, 3.63) is 48.8 Å². The van der Waals surface area contributed by atoms with Gasteiger partial charge in [0, 0.05) is 12.4 Å². The van der Waals surface area contributed by atoms with E-state index in [1.807, 2.05) is 36.4 Å². The van der Waals surface area contributed by atoms with Gasteiger partial charge in [0.1, 0.15) is 0 Å². The first-order valence-electron chi connectivity index (χ1n) is 8.75. The van der Waals surface area contributed by atoms with Crippen LogP contribution in [-0.4, -0.2) is 28.7 Å². The first kappa shape index (κ1) is 20.7. The molecule has 136 valence electrons. The molecular weight excluding hydrogens is 319 g/mol. The molecule has 0 saturated heterocycles. The Bertz CT molecular complexity index is 541. The second-order valence-corrected chi connectivity index (χ2v) is 5.71. The lowest BCUT2D eigenvalue weighted by molar-refractivity contribution is -0.149. The Balaban J connectivity index is 0.000000250. The van der Waals surface area contributed by atoms with Crippen molar-refractivity contribution < 1.29 is 13.9 Å². The molecule has 2 aromatic rings. The number of pyridine rings is 2. The molecule has 0 saturated carbocycles. The van der Waals surface area contributed by atoms with Crippen LogP contribution in [0.1, 0.15) is 46.0 Å². The second kappa shape index (κ2) is 13.0. The Morgan fingerprint density at radius 1 is 1.04 bits per heavy atom. The number of hydrogen-bond donors (Lipinski definition) is 0. The van der Waals surface area contributed by atoms with Gasteiger partial charge < -0.3 is 4.74 Å². The fourth-order valence-electron chi connectivity index (χ4n) is 2.20. The molecule has 0 N–H and O–H groups in total. The predicted octanol–water partition coefficient (Wildman–Crippen LogP) is 5.00. The topological polar surface area (TPSA) is 52.1 Å². The summed E-state index contributed by atoms with van der Waals surface area (Å²) in [6.45, 7) is 2.94. The largest absolute Gasteiger partial charge is 0.461 e. The van der Waals surface area contributed by atoms with E-state index in [1.54, 1.807) is 19.3 Å². The van der Waals surface area contributed by atoms with Gasteiger partial charge in [-0.05, 0) is 44.0 Å². The average Bonchev–Trinajstić information content (AvgIpc) is 2.67. The van der Waals surface area contributed by atoms with E-state index in [4.69, 9.17) is 4.74 Å². The Morgan fingerprint density at radius 3 is 2.08 bits per heavy atom. The minimum absolute atomic E-state index is 0.139. The van der Waals surface area contributed by atoms with Gasteiger partial charge in [-0.15, -0.1) is 0 Å². The zero-order chi connectivity index (χ0) is 18.3. The van der Waals surface area contributed by atoms with E-state index in [2.05, 4.69) is 16.9 Å². The maximum Gasteiger partial charge on any atom is 0.337 e. The zero-order valence-corrected chi connectivity index (χ0v) is 15.0. The molecule has 0 aliphatic rings. The first-order valence-corrected chi connectivity index (χ1v) is 8.75. The van der Waals surface area contributed by atoms with E-state index < -0.39 is 12.6 Å². The van der Waals surface area contributed by atoms with Crippen molar-refractivity contribution in [2.24, 2.45) is 0 Å². The molecule has 0 amide bonds. The molecule has 0 spiro atoms.